The summed E-state index contributed by atoms with van der Waals surface area (Å²) in [6, 6.07) is 3.88. The van der Waals surface area contributed by atoms with E-state index in [2.05, 4.69) is 27.1 Å². The highest BCUT2D eigenvalue weighted by molar-refractivity contribution is 6.08. The van der Waals surface area contributed by atoms with Crippen LogP contribution < -0.4 is 26.4 Å². The second kappa shape index (κ2) is 9.30. The third-order valence-electron chi connectivity index (χ3n) is 6.38. The minimum absolute atomic E-state index is 0.0453. The molecule has 1 aromatic carbocycles. The zero-order valence-corrected chi connectivity index (χ0v) is 19.5. The van der Waals surface area contributed by atoms with Gasteiger partial charge < -0.3 is 26.4 Å². The largest absolute Gasteiger partial charge is 0.477 e. The number of pyridine rings is 2. The number of carbonyl (C=O) groups is 1. The van der Waals surface area contributed by atoms with Crippen LogP contribution in [0.3, 0.4) is 0 Å². The van der Waals surface area contributed by atoms with Crippen molar-refractivity contribution in [1.82, 2.24) is 9.97 Å². The third-order valence-corrected chi connectivity index (χ3v) is 6.38. The first kappa shape index (κ1) is 23.9. The van der Waals surface area contributed by atoms with Gasteiger partial charge in [-0.2, -0.15) is 0 Å². The van der Waals surface area contributed by atoms with Crippen LogP contribution in [0.1, 0.15) is 29.4 Å². The minimum atomic E-state index is -1.05. The van der Waals surface area contributed by atoms with Crippen molar-refractivity contribution < 1.29 is 22.7 Å². The van der Waals surface area contributed by atoms with Crippen LogP contribution in [0.25, 0.3) is 11.3 Å². The molecule has 4 heterocycles. The number of nitrogens with one attached hydrogen (secondary N) is 1. The van der Waals surface area contributed by atoms with Crippen LogP contribution in [0.4, 0.5) is 30.2 Å². The van der Waals surface area contributed by atoms with Crippen molar-refractivity contribution in [1.29, 1.82) is 0 Å². The molecule has 2 aliphatic heterocycles. The molecule has 0 aliphatic carbocycles. The van der Waals surface area contributed by atoms with Gasteiger partial charge in [-0.25, -0.2) is 23.1 Å². The number of carbonyl (C=O) groups excluding carboxylic acids is 1. The van der Waals surface area contributed by atoms with Crippen LogP contribution in [-0.4, -0.2) is 41.6 Å². The predicted octanol–water partition coefficient (Wildman–Crippen LogP) is 3.50. The number of rotatable bonds is 4. The predicted molar refractivity (Wildman–Crippen MR) is 129 cm³/mol. The molecule has 1 unspecified atom stereocenters. The summed E-state index contributed by atoms with van der Waals surface area (Å²) in [4.78, 5) is 23.6. The van der Waals surface area contributed by atoms with Gasteiger partial charge in [0.25, 0.3) is 5.91 Å². The Morgan fingerprint density at radius 3 is 2.67 bits per heavy atom. The van der Waals surface area contributed by atoms with E-state index >= 15 is 0 Å². The Hall–Kier alpha value is -3.86. The highest BCUT2D eigenvalue weighted by Gasteiger charge is 2.31. The number of nitrogen functional groups attached to an aromatic ring is 1. The van der Waals surface area contributed by atoms with Crippen molar-refractivity contribution in [3.8, 4) is 17.1 Å². The lowest BCUT2D eigenvalue weighted by Crippen LogP contribution is -2.47. The van der Waals surface area contributed by atoms with Gasteiger partial charge in [0.2, 0.25) is 5.88 Å². The molecule has 5 N–H and O–H groups in total. The van der Waals surface area contributed by atoms with E-state index in [1.54, 1.807) is 0 Å². The molecular formula is C25H25F3N6O2. The number of hydrogen-bond donors (Lipinski definition) is 3. The Labute approximate surface area is 205 Å². The Morgan fingerprint density at radius 1 is 1.19 bits per heavy atom. The van der Waals surface area contributed by atoms with Gasteiger partial charge in [-0.1, -0.05) is 13.0 Å². The average molecular weight is 499 g/mol. The second-order valence-corrected chi connectivity index (χ2v) is 9.22. The van der Waals surface area contributed by atoms with Crippen molar-refractivity contribution >= 4 is 23.0 Å². The van der Waals surface area contributed by atoms with Gasteiger partial charge in [0, 0.05) is 37.2 Å². The van der Waals surface area contributed by atoms with Crippen molar-refractivity contribution in [2.45, 2.75) is 25.8 Å². The van der Waals surface area contributed by atoms with E-state index in [9.17, 15) is 18.0 Å². The lowest BCUT2D eigenvalue weighted by atomic mass is 9.95. The number of nitrogens with two attached hydrogens (primary N) is 2. The summed E-state index contributed by atoms with van der Waals surface area (Å²) in [6.45, 7) is 3.87. The zero-order valence-electron chi connectivity index (χ0n) is 19.5. The lowest BCUT2D eigenvalue weighted by molar-refractivity contribution is 0.102. The van der Waals surface area contributed by atoms with Gasteiger partial charge in [-0.15, -0.1) is 0 Å². The Balaban J connectivity index is 1.54. The van der Waals surface area contributed by atoms with Crippen LogP contribution in [-0.2, 0) is 6.42 Å². The van der Waals surface area contributed by atoms with E-state index in [1.165, 1.54) is 6.20 Å². The number of amides is 1. The average Bonchev–Trinajstić information content (AvgIpc) is 3.28. The number of nitrogens with zero attached hydrogens (tertiary/aromatic N) is 3. The molecule has 8 nitrogen and oxygen atoms in total. The molecule has 1 saturated heterocycles. The third kappa shape index (κ3) is 4.30. The Morgan fingerprint density at radius 2 is 1.94 bits per heavy atom. The number of ether oxygens (including phenoxy) is 1. The van der Waals surface area contributed by atoms with E-state index in [0.29, 0.717) is 37.1 Å². The summed E-state index contributed by atoms with van der Waals surface area (Å²) in [5.74, 6) is -3.04. The van der Waals surface area contributed by atoms with Gasteiger partial charge >= 0.3 is 0 Å². The Kier molecular flexibility index (Phi) is 6.17. The maximum absolute atomic E-state index is 14.6. The fourth-order valence-electron chi connectivity index (χ4n) is 4.93. The van der Waals surface area contributed by atoms with Crippen molar-refractivity contribution in [2.24, 2.45) is 11.7 Å². The molecule has 5 rings (SSSR count). The van der Waals surface area contributed by atoms with E-state index < -0.39 is 34.6 Å². The van der Waals surface area contributed by atoms with Crippen LogP contribution in [0, 0.1) is 23.4 Å². The number of benzene rings is 1. The highest BCUT2D eigenvalue weighted by atomic mass is 19.1. The molecule has 0 spiro atoms. The molecule has 1 amide bonds. The highest BCUT2D eigenvalue weighted by Crippen LogP contribution is 2.40. The molecule has 0 saturated carbocycles. The first-order chi connectivity index (χ1) is 17.2. The van der Waals surface area contributed by atoms with Crippen LogP contribution in [0.5, 0.6) is 5.88 Å². The molecule has 188 valence electrons. The number of aromatic nitrogens is 2. The van der Waals surface area contributed by atoms with E-state index in [0.717, 1.165) is 48.5 Å². The molecule has 0 radical (unpaired) electrons. The number of fused-ring (bicyclic) bond motifs is 1. The van der Waals surface area contributed by atoms with Crippen LogP contribution in [0.15, 0.2) is 30.5 Å². The molecule has 2 atom stereocenters. The topological polar surface area (TPSA) is 119 Å². The van der Waals surface area contributed by atoms with Gasteiger partial charge in [-0.3, -0.25) is 4.79 Å². The molecule has 36 heavy (non-hydrogen) atoms. The first-order valence-corrected chi connectivity index (χ1v) is 11.6. The molecule has 2 aliphatic rings. The molecule has 11 heteroatoms. The summed E-state index contributed by atoms with van der Waals surface area (Å²) in [7, 11) is 0. The maximum atomic E-state index is 14.6. The van der Waals surface area contributed by atoms with Gasteiger partial charge in [-0.05, 0) is 24.5 Å². The summed E-state index contributed by atoms with van der Waals surface area (Å²) in [5.41, 5.74) is 12.2. The van der Waals surface area contributed by atoms with Crippen LogP contribution >= 0.6 is 0 Å². The Bertz CT molecular complexity index is 1320. The van der Waals surface area contributed by atoms with E-state index in [-0.39, 0.29) is 17.4 Å². The maximum Gasteiger partial charge on any atom is 0.276 e. The summed E-state index contributed by atoms with van der Waals surface area (Å²) in [6.07, 6.45) is 2.96. The molecule has 2 aromatic heterocycles. The number of anilines is 3. The van der Waals surface area contributed by atoms with Crippen molar-refractivity contribution in [3.63, 3.8) is 0 Å². The normalized spacial score (nSPS) is 19.1. The van der Waals surface area contributed by atoms with Gasteiger partial charge in [0.15, 0.2) is 11.5 Å². The smallest absolute Gasteiger partial charge is 0.276 e. The zero-order chi connectivity index (χ0) is 25.6. The number of hydrogen-bond acceptors (Lipinski definition) is 7. The number of piperidine rings is 1. The molecule has 1 fully saturated rings. The fraction of sp³-hybridized carbons (Fsp3) is 0.320. The molecule has 3 aromatic rings. The lowest BCUT2D eigenvalue weighted by Gasteiger charge is -2.38. The van der Waals surface area contributed by atoms with Crippen LogP contribution in [0.2, 0.25) is 0 Å². The van der Waals surface area contributed by atoms with Crippen molar-refractivity contribution in [3.05, 3.63) is 59.2 Å². The minimum Gasteiger partial charge on any atom is -0.477 e. The first-order valence-electron chi connectivity index (χ1n) is 11.6. The summed E-state index contributed by atoms with van der Waals surface area (Å²) >= 11 is 0. The quantitative estimate of drug-likeness (QED) is 0.504. The summed E-state index contributed by atoms with van der Waals surface area (Å²) < 4.78 is 48.9. The van der Waals surface area contributed by atoms with Gasteiger partial charge in [0.05, 0.1) is 35.4 Å². The summed E-state index contributed by atoms with van der Waals surface area (Å²) in [5, 5.41) is 2.76. The monoisotopic (exact) mass is 498 g/mol. The standard InChI is InChI=1S/C25H25F3N6O2/c1-12-7-13(29)11-34(10-12)23-14-5-6-36-25(14)31-9-19(23)32-24(35)22-18(30)8-17(28)21(33-22)20-15(26)3-2-4-16(20)27/h2-4,8-9,12-13H,5-7,10-11,29-30H2,1H3,(H,32,35)/t12?,13-/m0/s1. The SMILES string of the molecule is CC1C[C@H](N)CN(c2c(NC(=O)c3nc(-c4c(F)cccc4F)c(F)cc3N)cnc3c2CCO3)C1. The van der Waals surface area contributed by atoms with E-state index in [4.69, 9.17) is 16.2 Å². The van der Waals surface area contributed by atoms with E-state index in [1.807, 2.05) is 0 Å². The second-order valence-electron chi connectivity index (χ2n) is 9.22. The molecule has 0 bridgehead atoms. The van der Waals surface area contributed by atoms with Gasteiger partial charge in [0.1, 0.15) is 17.3 Å². The number of halogens is 3. The fourth-order valence-corrected chi connectivity index (χ4v) is 4.93. The van der Waals surface area contributed by atoms with Crippen molar-refractivity contribution in [2.75, 3.05) is 35.6 Å². The molecular weight excluding hydrogens is 473 g/mol.